The molecule has 0 unspecified atom stereocenters. The summed E-state index contributed by atoms with van der Waals surface area (Å²) >= 11 is 0. The molecule has 94 valence electrons. The molecule has 16 heavy (non-hydrogen) atoms. The van der Waals surface area contributed by atoms with E-state index in [2.05, 4.69) is 16.1 Å². The molecular formula is C7H10F2O6S. The molecule has 9 heteroatoms. The van der Waals surface area contributed by atoms with Crippen molar-refractivity contribution in [3.8, 4) is 0 Å². The van der Waals surface area contributed by atoms with E-state index in [9.17, 15) is 22.0 Å². The van der Waals surface area contributed by atoms with Crippen LogP contribution in [-0.2, 0) is 24.4 Å². The van der Waals surface area contributed by atoms with E-state index < -0.39 is 34.6 Å². The quantitative estimate of drug-likeness (QED) is 0.417. The minimum atomic E-state index is -5.53. The SMILES string of the molecule is C=C(COCC(F)(F)S(=O)(=O)O)C(=O)OC. The Balaban J connectivity index is 4.20. The molecule has 0 aromatic carbocycles. The molecule has 0 atom stereocenters. The van der Waals surface area contributed by atoms with Gasteiger partial charge in [-0.1, -0.05) is 6.58 Å². The van der Waals surface area contributed by atoms with Gasteiger partial charge in [0.05, 0.1) is 19.3 Å². The minimum Gasteiger partial charge on any atom is -0.466 e. The Bertz CT molecular complexity index is 374. The lowest BCUT2D eigenvalue weighted by Crippen LogP contribution is -2.34. The Hall–Kier alpha value is -1.06. The second-order valence-electron chi connectivity index (χ2n) is 2.70. The average molecular weight is 260 g/mol. The first-order chi connectivity index (χ1) is 7.12. The highest BCUT2D eigenvalue weighted by molar-refractivity contribution is 7.86. The van der Waals surface area contributed by atoms with Gasteiger partial charge in [-0.3, -0.25) is 4.55 Å². The molecule has 0 aliphatic rings. The van der Waals surface area contributed by atoms with Gasteiger partial charge >= 0.3 is 21.3 Å². The molecule has 0 aromatic heterocycles. The van der Waals surface area contributed by atoms with Crippen LogP contribution in [0.3, 0.4) is 0 Å². The van der Waals surface area contributed by atoms with Crippen molar-refractivity contribution in [3.05, 3.63) is 12.2 Å². The maximum atomic E-state index is 12.6. The summed E-state index contributed by atoms with van der Waals surface area (Å²) in [6, 6.07) is 0. The number of carbonyl (C=O) groups excluding carboxylic acids is 1. The van der Waals surface area contributed by atoms with Gasteiger partial charge in [-0.2, -0.15) is 17.2 Å². The van der Waals surface area contributed by atoms with Gasteiger partial charge in [-0.05, 0) is 0 Å². The highest BCUT2D eigenvalue weighted by atomic mass is 32.2. The fraction of sp³-hybridized carbons (Fsp3) is 0.571. The molecule has 0 radical (unpaired) electrons. The molecule has 0 aliphatic carbocycles. The number of rotatable bonds is 6. The van der Waals surface area contributed by atoms with Crippen LogP contribution < -0.4 is 0 Å². The predicted octanol–water partition coefficient (Wildman–Crippen LogP) is 0.213. The van der Waals surface area contributed by atoms with Crippen LogP contribution in [0, 0.1) is 0 Å². The first kappa shape index (κ1) is 14.9. The predicted molar refractivity (Wildman–Crippen MR) is 48.5 cm³/mol. The highest BCUT2D eigenvalue weighted by Crippen LogP contribution is 2.20. The van der Waals surface area contributed by atoms with E-state index in [0.29, 0.717) is 0 Å². The molecule has 6 nitrogen and oxygen atoms in total. The number of methoxy groups -OCH3 is 1. The molecule has 0 fully saturated rings. The Kier molecular flexibility index (Phi) is 4.97. The zero-order valence-corrected chi connectivity index (χ0v) is 9.09. The fourth-order valence-corrected chi connectivity index (χ4v) is 0.803. The van der Waals surface area contributed by atoms with Crippen LogP contribution in [-0.4, -0.2) is 44.5 Å². The smallest absolute Gasteiger partial charge is 0.392 e. The summed E-state index contributed by atoms with van der Waals surface area (Å²) in [6.45, 7) is 0.942. The second-order valence-corrected chi connectivity index (χ2v) is 4.25. The van der Waals surface area contributed by atoms with Crippen LogP contribution in [0.5, 0.6) is 0 Å². The van der Waals surface area contributed by atoms with Crippen molar-refractivity contribution in [2.24, 2.45) is 0 Å². The lowest BCUT2D eigenvalue weighted by Gasteiger charge is -2.13. The molecule has 1 N–H and O–H groups in total. The van der Waals surface area contributed by atoms with Crippen molar-refractivity contribution in [2.75, 3.05) is 20.3 Å². The number of carbonyl (C=O) groups is 1. The van der Waals surface area contributed by atoms with Crippen molar-refractivity contribution in [1.82, 2.24) is 0 Å². The lowest BCUT2D eigenvalue weighted by molar-refractivity contribution is -0.137. The fourth-order valence-electron chi connectivity index (χ4n) is 0.571. The second kappa shape index (κ2) is 5.32. The van der Waals surface area contributed by atoms with Crippen molar-refractivity contribution in [2.45, 2.75) is 5.25 Å². The first-order valence-electron chi connectivity index (χ1n) is 3.80. The van der Waals surface area contributed by atoms with E-state index in [4.69, 9.17) is 4.55 Å². The van der Waals surface area contributed by atoms with Gasteiger partial charge in [0, 0.05) is 0 Å². The molecular weight excluding hydrogens is 250 g/mol. The van der Waals surface area contributed by atoms with Gasteiger partial charge in [0.2, 0.25) is 0 Å². The third-order valence-electron chi connectivity index (χ3n) is 1.40. The monoisotopic (exact) mass is 260 g/mol. The van der Waals surface area contributed by atoms with Gasteiger partial charge in [0.1, 0.15) is 6.61 Å². The normalized spacial score (nSPS) is 12.2. The number of hydrogen-bond donors (Lipinski definition) is 1. The number of alkyl halides is 2. The lowest BCUT2D eigenvalue weighted by atomic mass is 10.3. The van der Waals surface area contributed by atoms with Gasteiger partial charge < -0.3 is 9.47 Å². The topological polar surface area (TPSA) is 89.9 Å². The summed E-state index contributed by atoms with van der Waals surface area (Å²) in [5.41, 5.74) is -0.256. The summed E-state index contributed by atoms with van der Waals surface area (Å²) in [4.78, 5) is 10.7. The standard InChI is InChI=1S/C7H10F2O6S/c1-5(6(10)14-2)3-15-4-7(8,9)16(11,12)13/h1,3-4H2,2H3,(H,11,12,13). The van der Waals surface area contributed by atoms with Crippen LogP contribution in [0.2, 0.25) is 0 Å². The van der Waals surface area contributed by atoms with E-state index in [-0.39, 0.29) is 5.57 Å². The van der Waals surface area contributed by atoms with E-state index in [1.807, 2.05) is 0 Å². The summed E-state index contributed by atoms with van der Waals surface area (Å²) in [5, 5.41) is -4.43. The molecule has 0 rings (SSSR count). The zero-order chi connectivity index (χ0) is 13.0. The van der Waals surface area contributed by atoms with Gasteiger partial charge in [0.25, 0.3) is 0 Å². The van der Waals surface area contributed by atoms with Crippen LogP contribution in [0.25, 0.3) is 0 Å². The van der Waals surface area contributed by atoms with E-state index in [1.165, 1.54) is 0 Å². The number of esters is 1. The average Bonchev–Trinajstić information content (AvgIpc) is 2.14. The molecule has 0 aliphatic heterocycles. The zero-order valence-electron chi connectivity index (χ0n) is 8.27. The number of hydrogen-bond acceptors (Lipinski definition) is 5. The van der Waals surface area contributed by atoms with Crippen molar-refractivity contribution >= 4 is 16.1 Å². The van der Waals surface area contributed by atoms with Crippen molar-refractivity contribution < 1.29 is 36.0 Å². The molecule has 0 spiro atoms. The van der Waals surface area contributed by atoms with E-state index >= 15 is 0 Å². The van der Waals surface area contributed by atoms with Crippen LogP contribution in [0.1, 0.15) is 0 Å². The molecule has 0 saturated heterocycles. The summed E-state index contributed by atoms with van der Waals surface area (Å²) < 4.78 is 61.9. The van der Waals surface area contributed by atoms with Crippen LogP contribution in [0.15, 0.2) is 12.2 Å². The summed E-state index contributed by atoms with van der Waals surface area (Å²) in [5.74, 6) is -0.866. The van der Waals surface area contributed by atoms with E-state index in [0.717, 1.165) is 7.11 Å². The van der Waals surface area contributed by atoms with Crippen molar-refractivity contribution in [1.29, 1.82) is 0 Å². The van der Waals surface area contributed by atoms with E-state index in [1.54, 1.807) is 0 Å². The molecule has 0 heterocycles. The maximum absolute atomic E-state index is 12.6. The van der Waals surface area contributed by atoms with Crippen molar-refractivity contribution in [3.63, 3.8) is 0 Å². The highest BCUT2D eigenvalue weighted by Gasteiger charge is 2.44. The number of halogens is 2. The maximum Gasteiger partial charge on any atom is 0.392 e. The Morgan fingerprint density at radius 2 is 2.00 bits per heavy atom. The van der Waals surface area contributed by atoms with Crippen LogP contribution in [0.4, 0.5) is 8.78 Å². The van der Waals surface area contributed by atoms with Gasteiger partial charge in [0.15, 0.2) is 0 Å². The summed E-state index contributed by atoms with van der Waals surface area (Å²) in [7, 11) is -4.47. The minimum absolute atomic E-state index is 0.256. The Morgan fingerprint density at radius 1 is 1.50 bits per heavy atom. The Labute approximate surface area is 90.6 Å². The largest absolute Gasteiger partial charge is 0.466 e. The van der Waals surface area contributed by atoms with Gasteiger partial charge in [-0.15, -0.1) is 0 Å². The molecule has 0 aromatic rings. The molecule has 0 bridgehead atoms. The van der Waals surface area contributed by atoms with Crippen LogP contribution >= 0.6 is 0 Å². The third-order valence-corrected chi connectivity index (χ3v) is 2.27. The van der Waals surface area contributed by atoms with Gasteiger partial charge in [-0.25, -0.2) is 4.79 Å². The molecule has 0 amide bonds. The molecule has 0 saturated carbocycles. The first-order valence-corrected chi connectivity index (χ1v) is 5.24. The number of ether oxygens (including phenoxy) is 2. The Morgan fingerprint density at radius 3 is 2.38 bits per heavy atom. The third kappa shape index (κ3) is 4.21. The summed E-state index contributed by atoms with van der Waals surface area (Å²) in [6.07, 6.45) is 0.